The predicted molar refractivity (Wildman–Crippen MR) is 141 cm³/mol. The third-order valence-corrected chi connectivity index (χ3v) is 8.52. The maximum absolute atomic E-state index is 12.7. The fraction of sp³-hybridized carbons (Fsp3) is 0.375. The van der Waals surface area contributed by atoms with Gasteiger partial charge in [0, 0.05) is 50.7 Å². The van der Waals surface area contributed by atoms with Crippen LogP contribution in [0.1, 0.15) is 20.8 Å². The second-order valence-corrected chi connectivity index (χ2v) is 10.8. The molecule has 188 valence electrons. The number of aromatic nitrogens is 3. The summed E-state index contributed by atoms with van der Waals surface area (Å²) in [4.78, 5) is 14.7. The lowest BCUT2D eigenvalue weighted by molar-refractivity contribution is -0.113. The van der Waals surface area contributed by atoms with Crippen molar-refractivity contribution in [3.8, 4) is 11.4 Å². The van der Waals surface area contributed by atoms with Crippen molar-refractivity contribution in [2.45, 2.75) is 37.4 Å². The Morgan fingerprint density at radius 3 is 2.14 bits per heavy atom. The Balaban J connectivity index is 1.69. The average molecular weight is 517 g/mol. The Kier molecular flexibility index (Phi) is 8.92. The monoisotopic (exact) mass is 516 g/mol. The summed E-state index contributed by atoms with van der Waals surface area (Å²) in [5.41, 5.74) is 2.55. The minimum atomic E-state index is -3.52. The molecule has 3 aromatic rings. The van der Waals surface area contributed by atoms with E-state index < -0.39 is 10.0 Å². The van der Waals surface area contributed by atoms with E-state index in [2.05, 4.69) is 15.5 Å². The van der Waals surface area contributed by atoms with Gasteiger partial charge in [-0.05, 0) is 55.5 Å². The van der Waals surface area contributed by atoms with E-state index in [9.17, 15) is 13.2 Å². The molecule has 1 heterocycles. The van der Waals surface area contributed by atoms with Gasteiger partial charge in [-0.25, -0.2) is 8.42 Å². The van der Waals surface area contributed by atoms with Gasteiger partial charge >= 0.3 is 0 Å². The van der Waals surface area contributed by atoms with Crippen LogP contribution in [-0.2, 0) is 21.4 Å². The topological polar surface area (TPSA) is 100 Å². The van der Waals surface area contributed by atoms with Crippen LogP contribution in [0.15, 0.2) is 58.6 Å². The number of benzene rings is 2. The molecule has 11 heteroatoms. The van der Waals surface area contributed by atoms with Gasteiger partial charge in [-0.15, -0.1) is 10.2 Å². The molecule has 3 rings (SSSR count). The number of sulfonamides is 1. The lowest BCUT2D eigenvalue weighted by atomic mass is 10.2. The lowest BCUT2D eigenvalue weighted by Gasteiger charge is -2.18. The molecule has 1 amide bonds. The normalized spacial score (nSPS) is 11.6. The molecule has 0 radical (unpaired) electrons. The molecule has 0 aliphatic carbocycles. The summed E-state index contributed by atoms with van der Waals surface area (Å²) < 4.78 is 28.8. The summed E-state index contributed by atoms with van der Waals surface area (Å²) in [7, 11) is 0.405. The fourth-order valence-corrected chi connectivity index (χ4v) is 5.81. The third-order valence-electron chi connectivity index (χ3n) is 5.49. The highest BCUT2D eigenvalue weighted by Crippen LogP contribution is 2.26. The highest BCUT2D eigenvalue weighted by atomic mass is 32.2. The molecule has 35 heavy (non-hydrogen) atoms. The first-order chi connectivity index (χ1) is 16.7. The van der Waals surface area contributed by atoms with Crippen molar-refractivity contribution in [1.29, 1.82) is 0 Å². The zero-order valence-corrected chi connectivity index (χ0v) is 22.4. The van der Waals surface area contributed by atoms with Crippen molar-refractivity contribution in [3.63, 3.8) is 0 Å². The highest BCUT2D eigenvalue weighted by Gasteiger charge is 2.22. The van der Waals surface area contributed by atoms with E-state index in [0.29, 0.717) is 30.6 Å². The van der Waals surface area contributed by atoms with Crippen LogP contribution >= 0.6 is 11.8 Å². The first-order valence-corrected chi connectivity index (χ1v) is 13.9. The van der Waals surface area contributed by atoms with Crippen LogP contribution in [0.2, 0.25) is 0 Å². The number of nitrogens with one attached hydrogen (secondary N) is 1. The van der Waals surface area contributed by atoms with Crippen LogP contribution in [0.3, 0.4) is 0 Å². The van der Waals surface area contributed by atoms with Crippen molar-refractivity contribution in [1.82, 2.24) is 19.1 Å². The van der Waals surface area contributed by atoms with Crippen molar-refractivity contribution < 1.29 is 13.2 Å². The standard InChI is InChI=1S/C24H32N6O3S2/c1-6-29(7-2)35(32,33)21-15-9-18(10-16-21)23-26-27-24(30(23)8-3)34-17-22(31)25-19-11-13-20(14-12-19)28(4)5/h9-16H,6-8,17H2,1-5H3,(H,25,31). The first-order valence-electron chi connectivity index (χ1n) is 11.4. The second-order valence-electron chi connectivity index (χ2n) is 7.94. The molecule has 0 atom stereocenters. The second kappa shape index (κ2) is 11.7. The van der Waals surface area contributed by atoms with Gasteiger partial charge in [0.1, 0.15) is 0 Å². The van der Waals surface area contributed by atoms with E-state index in [1.165, 1.54) is 16.1 Å². The quantitative estimate of drug-likeness (QED) is 0.387. The number of carbonyl (C=O) groups is 1. The number of hydrogen-bond donors (Lipinski definition) is 1. The van der Waals surface area contributed by atoms with E-state index >= 15 is 0 Å². The maximum atomic E-state index is 12.7. The van der Waals surface area contributed by atoms with Crippen molar-refractivity contribution >= 4 is 39.1 Å². The number of anilines is 2. The van der Waals surface area contributed by atoms with E-state index in [4.69, 9.17) is 0 Å². The van der Waals surface area contributed by atoms with Gasteiger partial charge in [0.05, 0.1) is 10.6 Å². The molecule has 0 saturated heterocycles. The summed E-state index contributed by atoms with van der Waals surface area (Å²) in [5, 5.41) is 12.1. The summed E-state index contributed by atoms with van der Waals surface area (Å²) in [6.07, 6.45) is 0. The zero-order chi connectivity index (χ0) is 25.6. The fourth-order valence-electron chi connectivity index (χ4n) is 3.55. The van der Waals surface area contributed by atoms with Crippen LogP contribution in [0, 0.1) is 0 Å². The minimum absolute atomic E-state index is 0.134. The number of carbonyl (C=O) groups excluding carboxylic acids is 1. The van der Waals surface area contributed by atoms with Crippen LogP contribution in [-0.4, -0.2) is 66.3 Å². The molecule has 0 saturated carbocycles. The maximum Gasteiger partial charge on any atom is 0.243 e. The van der Waals surface area contributed by atoms with Gasteiger partial charge in [0.2, 0.25) is 15.9 Å². The van der Waals surface area contributed by atoms with E-state index in [1.54, 1.807) is 24.3 Å². The summed E-state index contributed by atoms with van der Waals surface area (Å²) in [6, 6.07) is 14.3. The minimum Gasteiger partial charge on any atom is -0.378 e. The number of amides is 1. The molecule has 0 aliphatic rings. The number of thioether (sulfide) groups is 1. The zero-order valence-electron chi connectivity index (χ0n) is 20.7. The molecule has 0 fully saturated rings. The number of hydrogen-bond acceptors (Lipinski definition) is 7. The van der Waals surface area contributed by atoms with Crippen molar-refractivity contribution in [3.05, 3.63) is 48.5 Å². The third kappa shape index (κ3) is 6.22. The lowest BCUT2D eigenvalue weighted by Crippen LogP contribution is -2.30. The SMILES string of the molecule is CCN(CC)S(=O)(=O)c1ccc(-c2nnc(SCC(=O)Nc3ccc(N(C)C)cc3)n2CC)cc1. The molecule has 0 unspecified atom stereocenters. The number of rotatable bonds is 11. The van der Waals surface area contributed by atoms with Gasteiger partial charge in [-0.2, -0.15) is 4.31 Å². The van der Waals surface area contributed by atoms with Crippen LogP contribution in [0.5, 0.6) is 0 Å². The van der Waals surface area contributed by atoms with Gasteiger partial charge < -0.3 is 14.8 Å². The molecule has 0 spiro atoms. The Morgan fingerprint density at radius 1 is 0.971 bits per heavy atom. The van der Waals surface area contributed by atoms with Gasteiger partial charge in [-0.1, -0.05) is 25.6 Å². The van der Waals surface area contributed by atoms with Crippen LogP contribution < -0.4 is 10.2 Å². The molecule has 0 bridgehead atoms. The molecule has 0 aliphatic heterocycles. The van der Waals surface area contributed by atoms with E-state index in [-0.39, 0.29) is 16.6 Å². The Hall–Kier alpha value is -2.89. The Bertz CT molecular complexity index is 1240. The Morgan fingerprint density at radius 2 is 1.60 bits per heavy atom. The summed E-state index contributed by atoms with van der Waals surface area (Å²) >= 11 is 1.31. The predicted octanol–water partition coefficient (Wildman–Crippen LogP) is 3.79. The molecule has 1 aromatic heterocycles. The van der Waals surface area contributed by atoms with Gasteiger partial charge in [-0.3, -0.25) is 4.79 Å². The molecular formula is C24H32N6O3S2. The molecule has 9 nitrogen and oxygen atoms in total. The smallest absolute Gasteiger partial charge is 0.243 e. The van der Waals surface area contributed by atoms with Gasteiger partial charge in [0.25, 0.3) is 0 Å². The van der Waals surface area contributed by atoms with E-state index in [1.807, 2.05) is 68.6 Å². The van der Waals surface area contributed by atoms with E-state index in [0.717, 1.165) is 16.9 Å². The van der Waals surface area contributed by atoms with Gasteiger partial charge in [0.15, 0.2) is 11.0 Å². The highest BCUT2D eigenvalue weighted by molar-refractivity contribution is 7.99. The first kappa shape index (κ1) is 26.7. The summed E-state index contributed by atoms with van der Waals surface area (Å²) in [5.74, 6) is 0.682. The molecular weight excluding hydrogens is 484 g/mol. The molecule has 2 aromatic carbocycles. The van der Waals surface area contributed by atoms with Crippen molar-refractivity contribution in [2.24, 2.45) is 0 Å². The Labute approximate surface area is 211 Å². The largest absolute Gasteiger partial charge is 0.378 e. The molecule has 1 N–H and O–H groups in total. The van der Waals surface area contributed by atoms with Crippen molar-refractivity contribution in [2.75, 3.05) is 43.2 Å². The number of nitrogens with zero attached hydrogens (tertiary/aromatic N) is 5. The van der Waals surface area contributed by atoms with Crippen LogP contribution in [0.25, 0.3) is 11.4 Å². The summed E-state index contributed by atoms with van der Waals surface area (Å²) in [6.45, 7) is 7.06. The average Bonchev–Trinajstić information content (AvgIpc) is 3.26. The van der Waals surface area contributed by atoms with Crippen LogP contribution in [0.4, 0.5) is 11.4 Å².